The van der Waals surface area contributed by atoms with Gasteiger partial charge in [-0.2, -0.15) is 0 Å². The quantitative estimate of drug-likeness (QED) is 0.147. The highest BCUT2D eigenvalue weighted by molar-refractivity contribution is 6.05. The van der Waals surface area contributed by atoms with Crippen molar-refractivity contribution < 1.29 is 0 Å². The summed E-state index contributed by atoms with van der Waals surface area (Å²) >= 11 is 0. The Morgan fingerprint density at radius 3 is 1.25 bits per heavy atom. The van der Waals surface area contributed by atoms with Crippen molar-refractivity contribution >= 4 is 65.3 Å². The lowest BCUT2D eigenvalue weighted by molar-refractivity contribution is 1.35. The number of nitrogens with zero attached hydrogens (tertiary/aromatic N) is 5. The Morgan fingerprint density at radius 2 is 0.708 bits per heavy atom. The van der Waals surface area contributed by atoms with Gasteiger partial charge in [-0.1, -0.05) is 78.9 Å². The van der Waals surface area contributed by atoms with Gasteiger partial charge in [0.05, 0.1) is 44.7 Å². The van der Waals surface area contributed by atoms with E-state index in [1.807, 2.05) is 24.5 Å². The zero-order valence-electron chi connectivity index (χ0n) is 25.7. The second-order valence-electron chi connectivity index (χ2n) is 12.2. The zero-order chi connectivity index (χ0) is 31.6. The van der Waals surface area contributed by atoms with Gasteiger partial charge in [0.25, 0.3) is 0 Å². The topological polar surface area (TPSA) is 64.5 Å². The molecule has 0 N–H and O–H groups in total. The van der Waals surface area contributed by atoms with Crippen LogP contribution >= 0.6 is 0 Å². The minimum Gasteiger partial charge on any atom is -0.254 e. The van der Waals surface area contributed by atoms with Gasteiger partial charge in [-0.05, 0) is 71.4 Å². The molecule has 0 saturated heterocycles. The van der Waals surface area contributed by atoms with E-state index in [-0.39, 0.29) is 0 Å². The van der Waals surface area contributed by atoms with Gasteiger partial charge in [-0.3, -0.25) is 9.97 Å². The van der Waals surface area contributed by atoms with E-state index in [0.717, 1.165) is 88.3 Å². The summed E-state index contributed by atoms with van der Waals surface area (Å²) in [6.07, 6.45) is 3.65. The first-order valence-electron chi connectivity index (χ1n) is 16.0. The first-order chi connectivity index (χ1) is 23.7. The van der Waals surface area contributed by atoms with Crippen LogP contribution in [0.4, 0.5) is 0 Å². The van der Waals surface area contributed by atoms with Crippen molar-refractivity contribution in [3.8, 4) is 33.8 Å². The summed E-state index contributed by atoms with van der Waals surface area (Å²) in [6.45, 7) is 0. The number of hydrogen-bond acceptors (Lipinski definition) is 5. The SMILES string of the molecule is c1ccc2cc3nc(-c4cc(-c5ccc6ccc7cccnc7c6n5)cc(-c5ccc6ccc7cccnc7c6n5)c4)ccc3cc2c1. The van der Waals surface area contributed by atoms with E-state index in [2.05, 4.69) is 127 Å². The van der Waals surface area contributed by atoms with Crippen LogP contribution in [0, 0.1) is 0 Å². The van der Waals surface area contributed by atoms with Gasteiger partial charge in [0.1, 0.15) is 0 Å². The van der Waals surface area contributed by atoms with Crippen LogP contribution < -0.4 is 0 Å². The molecule has 0 radical (unpaired) electrons. The minimum absolute atomic E-state index is 0.864. The van der Waals surface area contributed by atoms with Crippen molar-refractivity contribution in [2.45, 2.75) is 0 Å². The molecule has 5 nitrogen and oxygen atoms in total. The van der Waals surface area contributed by atoms with E-state index in [9.17, 15) is 0 Å². The highest BCUT2D eigenvalue weighted by atomic mass is 14.8. The molecule has 5 heterocycles. The molecule has 0 saturated carbocycles. The summed E-state index contributed by atoms with van der Waals surface area (Å²) in [6, 6.07) is 48.5. The molecule has 0 aliphatic carbocycles. The van der Waals surface area contributed by atoms with Crippen molar-refractivity contribution in [2.24, 2.45) is 0 Å². The van der Waals surface area contributed by atoms with Crippen LogP contribution in [-0.2, 0) is 0 Å². The lowest BCUT2D eigenvalue weighted by atomic mass is 9.97. The van der Waals surface area contributed by atoms with Gasteiger partial charge in [0.2, 0.25) is 0 Å². The highest BCUT2D eigenvalue weighted by Gasteiger charge is 2.14. The average molecular weight is 612 g/mol. The van der Waals surface area contributed by atoms with E-state index < -0.39 is 0 Å². The van der Waals surface area contributed by atoms with Gasteiger partial charge in [0, 0.05) is 56.0 Å². The van der Waals surface area contributed by atoms with Crippen molar-refractivity contribution in [2.75, 3.05) is 0 Å². The van der Waals surface area contributed by atoms with E-state index in [1.165, 1.54) is 10.8 Å². The summed E-state index contributed by atoms with van der Waals surface area (Å²) in [5, 5.41) is 7.74. The smallest absolute Gasteiger partial charge is 0.0972 e. The molecule has 0 bridgehead atoms. The molecule has 5 aromatic heterocycles. The summed E-state index contributed by atoms with van der Waals surface area (Å²) in [5.74, 6) is 0. The van der Waals surface area contributed by atoms with Gasteiger partial charge in [-0.25, -0.2) is 15.0 Å². The van der Waals surface area contributed by atoms with Crippen LogP contribution in [0.25, 0.3) is 99.1 Å². The van der Waals surface area contributed by atoms with Crippen molar-refractivity contribution in [3.63, 3.8) is 0 Å². The summed E-state index contributed by atoms with van der Waals surface area (Å²) in [5.41, 5.74) is 10.1. The lowest BCUT2D eigenvalue weighted by Crippen LogP contribution is -1.93. The molecular weight excluding hydrogens is 587 g/mol. The maximum Gasteiger partial charge on any atom is 0.0972 e. The average Bonchev–Trinajstić information content (AvgIpc) is 3.16. The van der Waals surface area contributed by atoms with E-state index in [1.54, 1.807) is 0 Å². The van der Waals surface area contributed by atoms with E-state index in [4.69, 9.17) is 24.9 Å². The van der Waals surface area contributed by atoms with Crippen LogP contribution in [0.3, 0.4) is 0 Å². The standard InChI is InChI=1S/C43H25N5/c1-2-6-31-25-39-32(21-30(31)5-1)15-18-36(46-39)33-22-34(37-16-13-28-11-9-26-7-3-19-44-40(26)42(28)47-37)24-35(23-33)38-17-14-29-12-10-27-8-4-20-45-41(27)43(29)48-38/h1-25H. The molecule has 10 rings (SSSR count). The molecule has 0 amide bonds. The van der Waals surface area contributed by atoms with Crippen LogP contribution in [-0.4, -0.2) is 24.9 Å². The van der Waals surface area contributed by atoms with Gasteiger partial charge < -0.3 is 0 Å². The summed E-state index contributed by atoms with van der Waals surface area (Å²) < 4.78 is 0. The molecule has 0 fully saturated rings. The second kappa shape index (κ2) is 10.5. The number of pyridine rings is 5. The summed E-state index contributed by atoms with van der Waals surface area (Å²) in [4.78, 5) is 25.0. The fourth-order valence-electron chi connectivity index (χ4n) is 6.81. The first kappa shape index (κ1) is 26.6. The molecule has 5 aromatic carbocycles. The summed E-state index contributed by atoms with van der Waals surface area (Å²) in [7, 11) is 0. The molecule has 5 heteroatoms. The minimum atomic E-state index is 0.864. The van der Waals surface area contributed by atoms with Crippen LogP contribution in [0.15, 0.2) is 152 Å². The third-order valence-corrected chi connectivity index (χ3v) is 9.24. The Kier molecular flexibility index (Phi) is 5.81. The largest absolute Gasteiger partial charge is 0.254 e. The third kappa shape index (κ3) is 4.37. The molecular formula is C43H25N5. The predicted octanol–water partition coefficient (Wildman–Crippen LogP) is 10.6. The third-order valence-electron chi connectivity index (χ3n) is 9.24. The van der Waals surface area contributed by atoms with Crippen LogP contribution in [0.5, 0.6) is 0 Å². The molecule has 0 aliphatic rings. The fraction of sp³-hybridized carbons (Fsp3) is 0. The Hall–Kier alpha value is -6.59. The van der Waals surface area contributed by atoms with E-state index >= 15 is 0 Å². The number of hydrogen-bond donors (Lipinski definition) is 0. The molecule has 0 unspecified atom stereocenters. The molecule has 0 aliphatic heterocycles. The van der Waals surface area contributed by atoms with Gasteiger partial charge in [-0.15, -0.1) is 0 Å². The number of benzene rings is 5. The van der Waals surface area contributed by atoms with E-state index in [0.29, 0.717) is 0 Å². The van der Waals surface area contributed by atoms with Crippen LogP contribution in [0.1, 0.15) is 0 Å². The van der Waals surface area contributed by atoms with Crippen molar-refractivity contribution in [1.82, 2.24) is 24.9 Å². The normalized spacial score (nSPS) is 11.8. The molecule has 0 spiro atoms. The van der Waals surface area contributed by atoms with Gasteiger partial charge in [0.15, 0.2) is 0 Å². The van der Waals surface area contributed by atoms with Gasteiger partial charge >= 0.3 is 0 Å². The van der Waals surface area contributed by atoms with Crippen molar-refractivity contribution in [1.29, 1.82) is 0 Å². The Morgan fingerprint density at radius 1 is 0.292 bits per heavy atom. The number of aromatic nitrogens is 5. The highest BCUT2D eigenvalue weighted by Crippen LogP contribution is 2.35. The Balaban J connectivity index is 1.20. The Bertz CT molecular complexity index is 2780. The zero-order valence-corrected chi connectivity index (χ0v) is 25.7. The number of fused-ring (bicyclic) bond motifs is 8. The molecule has 222 valence electrons. The molecule has 0 atom stereocenters. The maximum absolute atomic E-state index is 5.20. The molecule has 10 aromatic rings. The molecule has 48 heavy (non-hydrogen) atoms. The maximum atomic E-state index is 5.20. The predicted molar refractivity (Wildman–Crippen MR) is 197 cm³/mol. The number of rotatable bonds is 3. The van der Waals surface area contributed by atoms with Crippen molar-refractivity contribution in [3.05, 3.63) is 152 Å². The second-order valence-corrected chi connectivity index (χ2v) is 12.2. The first-order valence-corrected chi connectivity index (χ1v) is 16.0. The fourth-order valence-corrected chi connectivity index (χ4v) is 6.81. The Labute approximate surface area is 275 Å². The monoisotopic (exact) mass is 611 g/mol. The van der Waals surface area contributed by atoms with Crippen LogP contribution in [0.2, 0.25) is 0 Å². The lowest BCUT2D eigenvalue weighted by Gasteiger charge is -2.12.